The molecule has 0 saturated carbocycles. The molecule has 82 valence electrons. The Morgan fingerprint density at radius 3 is 2.94 bits per heavy atom. The fourth-order valence-electron chi connectivity index (χ4n) is 2.05. The van der Waals surface area contributed by atoms with Crippen molar-refractivity contribution in [2.45, 2.75) is 0 Å². The zero-order chi connectivity index (χ0) is 11.4. The van der Waals surface area contributed by atoms with Crippen LogP contribution in [0.25, 0.3) is 15.7 Å². The molecule has 0 atom stereocenters. The first-order chi connectivity index (χ1) is 8.34. The topological polar surface area (TPSA) is 63.1 Å². The normalized spacial score (nSPS) is 11.8. The van der Waals surface area contributed by atoms with Gasteiger partial charge in [0.1, 0.15) is 10.9 Å². The predicted molar refractivity (Wildman–Crippen MR) is 64.3 cm³/mol. The van der Waals surface area contributed by atoms with E-state index >= 15 is 0 Å². The minimum Gasteiger partial charge on any atom is -0.289 e. The quantitative estimate of drug-likeness (QED) is 0.506. The summed E-state index contributed by atoms with van der Waals surface area (Å²) in [5.41, 5.74) is 0.0577. The zero-order valence-electron chi connectivity index (χ0n) is 8.54. The lowest BCUT2D eigenvalue weighted by molar-refractivity contribution is 0.920. The molecule has 1 aromatic heterocycles. The largest absolute Gasteiger partial charge is 0.289 e. The Bertz CT molecular complexity index is 964. The minimum absolute atomic E-state index is 0.0577. The Balaban J connectivity index is 2.45. The van der Waals surface area contributed by atoms with E-state index in [1.165, 1.54) is 11.3 Å². The van der Waals surface area contributed by atoms with E-state index in [1.807, 2.05) is 24.3 Å². The monoisotopic (exact) mass is 242 g/mol. The molecule has 0 radical (unpaired) electrons. The number of rotatable bonds is 0. The van der Waals surface area contributed by atoms with Crippen molar-refractivity contribution < 1.29 is 0 Å². The first-order valence-electron chi connectivity index (χ1n) is 5.08. The molecule has 1 aliphatic heterocycles. The third-order valence-electron chi connectivity index (χ3n) is 2.82. The summed E-state index contributed by atoms with van der Waals surface area (Å²) in [4.78, 5) is 12.9. The highest BCUT2D eigenvalue weighted by atomic mass is 32.1. The number of fused-ring (bicyclic) bond motifs is 3. The van der Waals surface area contributed by atoms with Crippen molar-refractivity contribution in [1.29, 1.82) is 0 Å². The second-order valence-electron chi connectivity index (χ2n) is 3.78. The summed E-state index contributed by atoms with van der Waals surface area (Å²) in [6.07, 6.45) is 1.59. The Labute approximate surface area is 98.0 Å². The summed E-state index contributed by atoms with van der Waals surface area (Å²) in [6, 6.07) is 7.59. The van der Waals surface area contributed by atoms with Crippen LogP contribution < -0.4 is 5.43 Å². The Hall–Kier alpha value is -2.21. The smallest absolute Gasteiger partial charge is 0.231 e. The highest BCUT2D eigenvalue weighted by Crippen LogP contribution is 2.16. The fourth-order valence-corrected chi connectivity index (χ4v) is 2.97. The summed E-state index contributed by atoms with van der Waals surface area (Å²) >= 11 is 1.36. The number of H-pyrrole nitrogens is 1. The van der Waals surface area contributed by atoms with Crippen LogP contribution in [0.2, 0.25) is 0 Å². The lowest BCUT2D eigenvalue weighted by Gasteiger charge is -1.92. The van der Waals surface area contributed by atoms with E-state index in [0.29, 0.717) is 9.49 Å². The van der Waals surface area contributed by atoms with Gasteiger partial charge in [0.05, 0.1) is 5.35 Å². The van der Waals surface area contributed by atoms with Gasteiger partial charge in [-0.25, -0.2) is 4.52 Å². The van der Waals surface area contributed by atoms with Crippen LogP contribution >= 0.6 is 11.3 Å². The van der Waals surface area contributed by atoms with Crippen molar-refractivity contribution in [1.82, 2.24) is 19.8 Å². The van der Waals surface area contributed by atoms with E-state index in [4.69, 9.17) is 0 Å². The van der Waals surface area contributed by atoms with Gasteiger partial charge in [-0.1, -0.05) is 35.6 Å². The van der Waals surface area contributed by atoms with Crippen molar-refractivity contribution >= 4 is 27.1 Å². The molecule has 4 rings (SSSR count). The standard InChI is InChI=1S/C11H6N4OS/c16-9-7-4-2-1-3-6(7)8-10(9)17-11-13-12-5-15(11)14-8/h1-5,14H. The number of aromatic nitrogens is 4. The summed E-state index contributed by atoms with van der Waals surface area (Å²) < 4.78 is 2.42. The molecule has 0 amide bonds. The summed E-state index contributed by atoms with van der Waals surface area (Å²) in [7, 11) is 0. The fraction of sp³-hybridized carbons (Fsp3) is 0. The van der Waals surface area contributed by atoms with E-state index in [2.05, 4.69) is 15.3 Å². The third-order valence-corrected chi connectivity index (χ3v) is 3.87. The molecule has 0 unspecified atom stereocenters. The molecule has 17 heavy (non-hydrogen) atoms. The van der Waals surface area contributed by atoms with Gasteiger partial charge in [0.15, 0.2) is 0 Å². The zero-order valence-corrected chi connectivity index (χ0v) is 9.36. The Kier molecular flexibility index (Phi) is 1.53. The van der Waals surface area contributed by atoms with Gasteiger partial charge in [-0.15, -0.1) is 10.2 Å². The number of hydrogen-bond acceptors (Lipinski definition) is 4. The van der Waals surface area contributed by atoms with E-state index in [-0.39, 0.29) is 5.43 Å². The van der Waals surface area contributed by atoms with Crippen molar-refractivity contribution in [2.75, 3.05) is 0 Å². The molecule has 2 aliphatic rings. The summed E-state index contributed by atoms with van der Waals surface area (Å²) in [5.74, 6) is 0. The van der Waals surface area contributed by atoms with Gasteiger partial charge in [-0.3, -0.25) is 9.89 Å². The first-order valence-corrected chi connectivity index (χ1v) is 5.89. The van der Waals surface area contributed by atoms with E-state index in [0.717, 1.165) is 16.1 Å². The molecule has 1 aliphatic carbocycles. The molecule has 0 bridgehead atoms. The average molecular weight is 242 g/mol. The van der Waals surface area contributed by atoms with Gasteiger partial charge >= 0.3 is 0 Å². The van der Waals surface area contributed by atoms with Crippen LogP contribution in [0.15, 0.2) is 35.4 Å². The Morgan fingerprint density at radius 1 is 1.24 bits per heavy atom. The maximum Gasteiger partial charge on any atom is 0.231 e. The highest BCUT2D eigenvalue weighted by Gasteiger charge is 2.09. The van der Waals surface area contributed by atoms with Gasteiger partial charge in [-0.2, -0.15) is 0 Å². The SMILES string of the molecule is O=c1c2sc3nncn3[nH]c=2c2ccccc12. The minimum atomic E-state index is 0.0577. The Morgan fingerprint density at radius 2 is 2.06 bits per heavy atom. The van der Waals surface area contributed by atoms with Crippen LogP contribution in [0.1, 0.15) is 0 Å². The first kappa shape index (κ1) is 8.89. The van der Waals surface area contributed by atoms with Crippen molar-refractivity contribution in [2.24, 2.45) is 0 Å². The molecule has 2 heterocycles. The van der Waals surface area contributed by atoms with Crippen molar-refractivity contribution in [3.05, 3.63) is 50.7 Å². The molecular weight excluding hydrogens is 236 g/mol. The summed E-state index contributed by atoms with van der Waals surface area (Å²) in [5, 5.41) is 13.4. The van der Waals surface area contributed by atoms with Gasteiger partial charge in [0.2, 0.25) is 10.4 Å². The molecule has 0 spiro atoms. The van der Waals surface area contributed by atoms with Crippen LogP contribution in [-0.4, -0.2) is 19.8 Å². The molecule has 0 fully saturated rings. The van der Waals surface area contributed by atoms with E-state index in [1.54, 1.807) is 10.8 Å². The molecule has 1 aromatic carbocycles. The van der Waals surface area contributed by atoms with Gasteiger partial charge in [-0.05, 0) is 0 Å². The number of nitrogens with one attached hydrogen (secondary N) is 1. The highest BCUT2D eigenvalue weighted by molar-refractivity contribution is 7.15. The molecule has 6 heteroatoms. The average Bonchev–Trinajstić information content (AvgIpc) is 2.92. The van der Waals surface area contributed by atoms with Gasteiger partial charge in [0, 0.05) is 10.8 Å². The van der Waals surface area contributed by atoms with Crippen molar-refractivity contribution in [3.63, 3.8) is 0 Å². The second-order valence-corrected chi connectivity index (χ2v) is 4.75. The molecule has 5 nitrogen and oxygen atoms in total. The van der Waals surface area contributed by atoms with Crippen LogP contribution in [0.4, 0.5) is 0 Å². The molecule has 1 N–H and O–H groups in total. The molecule has 2 aromatic rings. The van der Waals surface area contributed by atoms with E-state index in [9.17, 15) is 4.79 Å². The lowest BCUT2D eigenvalue weighted by atomic mass is 10.2. The molecule has 0 saturated heterocycles. The van der Waals surface area contributed by atoms with Gasteiger partial charge in [0.25, 0.3) is 0 Å². The lowest BCUT2D eigenvalue weighted by Crippen LogP contribution is -1.96. The maximum absolute atomic E-state index is 12.2. The second kappa shape index (κ2) is 2.92. The maximum atomic E-state index is 12.2. The van der Waals surface area contributed by atoms with Crippen LogP contribution in [0, 0.1) is 9.88 Å². The summed E-state index contributed by atoms with van der Waals surface area (Å²) in [6.45, 7) is 0. The third kappa shape index (κ3) is 1.05. The van der Waals surface area contributed by atoms with Gasteiger partial charge < -0.3 is 0 Å². The number of nitrogens with zero attached hydrogens (tertiary/aromatic N) is 3. The van der Waals surface area contributed by atoms with Crippen molar-refractivity contribution in [3.8, 4) is 0 Å². The number of benzene rings is 1. The predicted octanol–water partition coefficient (Wildman–Crippen LogP) is 1.36. The van der Waals surface area contributed by atoms with E-state index < -0.39 is 0 Å². The molecular formula is C11H6N4OS. The van der Waals surface area contributed by atoms with Crippen LogP contribution in [0.3, 0.4) is 0 Å². The number of hydrogen-bond donors (Lipinski definition) is 1. The number of aromatic amines is 1. The van der Waals surface area contributed by atoms with Crippen LogP contribution in [0.5, 0.6) is 0 Å². The van der Waals surface area contributed by atoms with Crippen LogP contribution in [-0.2, 0) is 0 Å².